The van der Waals surface area contributed by atoms with Crippen LogP contribution in [0, 0.1) is 17.8 Å². The van der Waals surface area contributed by atoms with Gasteiger partial charge in [-0.15, -0.1) is 0 Å². The number of carbonyl (C=O) groups excluding carboxylic acids is 4. The molecule has 0 radical (unpaired) electrons. The van der Waals surface area contributed by atoms with E-state index in [2.05, 4.69) is 72.8 Å². The van der Waals surface area contributed by atoms with Crippen molar-refractivity contribution in [3.05, 3.63) is 24.3 Å². The number of hydrogen-bond acceptors (Lipinski definition) is 15. The SMILES string of the molecule is CCCCCC/C=C\C=C/CCCCCCCC(=O)O[C@H](COC(=O)CCCCCCCCCC(C)C)COP(=O)(O)OCC(O)COP(=O)(O)OC[C@@H](COC(=O)CCCCCCCCCCCCCC(C)C)OC(=O)CCCCCCCCC(C)C. The molecule has 0 aliphatic rings. The Hall–Kier alpha value is -2.46. The molecular weight excluding hydrogens is 1160 g/mol. The molecule has 0 spiro atoms. The minimum absolute atomic E-state index is 0.0836. The lowest BCUT2D eigenvalue weighted by molar-refractivity contribution is -0.161. The average Bonchev–Trinajstić information content (AvgIpc) is 3.69. The molecule has 0 aromatic heterocycles. The molecule has 0 rings (SSSR count). The fourth-order valence-corrected chi connectivity index (χ4v) is 11.4. The molecule has 0 fully saturated rings. The highest BCUT2D eigenvalue weighted by Gasteiger charge is 2.30. The molecule has 17 nitrogen and oxygen atoms in total. The quantitative estimate of drug-likeness (QED) is 0.0169. The number of rotatable bonds is 65. The fourth-order valence-electron chi connectivity index (χ4n) is 9.82. The number of phosphoric ester groups is 2. The summed E-state index contributed by atoms with van der Waals surface area (Å²) in [5.41, 5.74) is 0. The molecule has 3 unspecified atom stereocenters. The second-order valence-electron chi connectivity index (χ2n) is 25.7. The van der Waals surface area contributed by atoms with E-state index in [1.807, 2.05) is 0 Å². The van der Waals surface area contributed by atoms with Crippen LogP contribution >= 0.6 is 15.6 Å². The lowest BCUT2D eigenvalue weighted by Gasteiger charge is -2.21. The summed E-state index contributed by atoms with van der Waals surface area (Å²) in [5.74, 6) is -0.0251. The number of carbonyl (C=O) groups is 4. The monoisotopic (exact) mass is 1290 g/mol. The Bertz CT molecular complexity index is 1830. The Labute approximate surface area is 535 Å². The molecule has 0 amide bonds. The van der Waals surface area contributed by atoms with Crippen LogP contribution in [0.25, 0.3) is 0 Å². The van der Waals surface area contributed by atoms with Gasteiger partial charge < -0.3 is 33.8 Å². The maximum atomic E-state index is 13.0. The van der Waals surface area contributed by atoms with E-state index in [0.29, 0.717) is 37.5 Å². The zero-order valence-electron chi connectivity index (χ0n) is 56.7. The van der Waals surface area contributed by atoms with Crippen LogP contribution in [0.3, 0.4) is 0 Å². The van der Waals surface area contributed by atoms with E-state index >= 15 is 0 Å². The number of hydrogen-bond donors (Lipinski definition) is 3. The lowest BCUT2D eigenvalue weighted by atomic mass is 10.0. The van der Waals surface area contributed by atoms with Crippen LogP contribution in [0.2, 0.25) is 0 Å². The molecule has 88 heavy (non-hydrogen) atoms. The summed E-state index contributed by atoms with van der Waals surface area (Å²) in [6.07, 6.45) is 45.5. The van der Waals surface area contributed by atoms with Crippen LogP contribution in [0.5, 0.6) is 0 Å². The predicted octanol–water partition coefficient (Wildman–Crippen LogP) is 19.0. The second kappa shape index (κ2) is 59.5. The Morgan fingerprint density at radius 1 is 0.352 bits per heavy atom. The number of allylic oxidation sites excluding steroid dienone is 4. The van der Waals surface area contributed by atoms with E-state index in [4.69, 9.17) is 37.0 Å². The highest BCUT2D eigenvalue weighted by molar-refractivity contribution is 7.47. The van der Waals surface area contributed by atoms with Gasteiger partial charge in [0, 0.05) is 25.7 Å². The van der Waals surface area contributed by atoms with Crippen LogP contribution in [-0.2, 0) is 65.4 Å². The highest BCUT2D eigenvalue weighted by atomic mass is 31.2. The topological polar surface area (TPSA) is 237 Å². The highest BCUT2D eigenvalue weighted by Crippen LogP contribution is 2.45. The molecule has 0 saturated carbocycles. The van der Waals surface area contributed by atoms with Gasteiger partial charge in [-0.2, -0.15) is 0 Å². The Balaban J connectivity index is 5.25. The first-order chi connectivity index (χ1) is 42.2. The first-order valence-corrected chi connectivity index (χ1v) is 38.2. The van der Waals surface area contributed by atoms with E-state index in [1.165, 1.54) is 109 Å². The summed E-state index contributed by atoms with van der Waals surface area (Å²) in [5, 5.41) is 10.6. The molecule has 0 heterocycles. The number of esters is 4. The van der Waals surface area contributed by atoms with Gasteiger partial charge in [-0.25, -0.2) is 9.13 Å². The molecule has 0 aliphatic carbocycles. The molecule has 19 heteroatoms. The number of aliphatic hydroxyl groups excluding tert-OH is 1. The lowest BCUT2D eigenvalue weighted by Crippen LogP contribution is -2.30. The van der Waals surface area contributed by atoms with Gasteiger partial charge in [0.1, 0.15) is 19.3 Å². The van der Waals surface area contributed by atoms with Crippen LogP contribution in [-0.4, -0.2) is 96.7 Å². The first-order valence-electron chi connectivity index (χ1n) is 35.2. The van der Waals surface area contributed by atoms with Gasteiger partial charge in [-0.3, -0.25) is 37.3 Å². The van der Waals surface area contributed by atoms with E-state index in [-0.39, 0.29) is 25.7 Å². The Kier molecular flexibility index (Phi) is 57.9. The molecule has 0 bridgehead atoms. The molecule has 518 valence electrons. The normalized spacial score (nSPS) is 14.4. The number of phosphoric acid groups is 2. The van der Waals surface area contributed by atoms with Gasteiger partial charge in [0.2, 0.25) is 0 Å². The van der Waals surface area contributed by atoms with Gasteiger partial charge in [-0.05, 0) is 69.1 Å². The Morgan fingerprint density at radius 3 is 0.920 bits per heavy atom. The molecule has 3 N–H and O–H groups in total. The van der Waals surface area contributed by atoms with E-state index in [1.54, 1.807) is 0 Å². The van der Waals surface area contributed by atoms with E-state index in [0.717, 1.165) is 115 Å². The van der Waals surface area contributed by atoms with Crippen molar-refractivity contribution in [2.45, 2.75) is 336 Å². The third-order valence-electron chi connectivity index (χ3n) is 15.3. The number of ether oxygens (including phenoxy) is 4. The van der Waals surface area contributed by atoms with Crippen LogP contribution in [0.4, 0.5) is 0 Å². The van der Waals surface area contributed by atoms with Crippen molar-refractivity contribution < 1.29 is 80.2 Å². The Morgan fingerprint density at radius 2 is 0.614 bits per heavy atom. The molecule has 0 aromatic rings. The fraction of sp³-hybridized carbons (Fsp3) is 0.884. The first kappa shape index (κ1) is 85.5. The van der Waals surface area contributed by atoms with Crippen molar-refractivity contribution in [1.82, 2.24) is 0 Å². The maximum absolute atomic E-state index is 13.0. The van der Waals surface area contributed by atoms with Gasteiger partial charge in [0.05, 0.1) is 26.4 Å². The molecular formula is C69H130O17P2. The summed E-state index contributed by atoms with van der Waals surface area (Å²) >= 11 is 0. The molecule has 0 aliphatic heterocycles. The van der Waals surface area contributed by atoms with Gasteiger partial charge >= 0.3 is 39.5 Å². The standard InChI is InChI=1S/C69H130O17P2/c1-8-9-10-11-12-13-14-15-16-17-20-24-29-38-45-52-68(73)85-64(56-80-67(72)51-44-37-30-25-27-34-41-48-61(4)5)58-83-87(75,76)81-54-63(70)55-82-88(77,78)84-59-65(86-69(74)53-46-39-32-31-35-42-49-62(6)7)57-79-66(71)50-43-36-28-23-21-18-19-22-26-33-40-47-60(2)3/h13-16,60-65,70H,8-12,17-59H2,1-7H3,(H,75,76)(H,77,78)/b14-13-,16-15-/t63?,64-,65-/m1/s1. The van der Waals surface area contributed by atoms with Crippen molar-refractivity contribution in [1.29, 1.82) is 0 Å². The second-order valence-corrected chi connectivity index (χ2v) is 28.6. The van der Waals surface area contributed by atoms with E-state index < -0.39 is 97.5 Å². The summed E-state index contributed by atoms with van der Waals surface area (Å²) in [4.78, 5) is 72.4. The van der Waals surface area contributed by atoms with Crippen LogP contribution in [0.15, 0.2) is 24.3 Å². The minimum Gasteiger partial charge on any atom is -0.462 e. The van der Waals surface area contributed by atoms with Crippen LogP contribution in [0.1, 0.15) is 318 Å². The summed E-state index contributed by atoms with van der Waals surface area (Å²) in [6, 6.07) is 0. The van der Waals surface area contributed by atoms with Gasteiger partial charge in [-0.1, -0.05) is 265 Å². The van der Waals surface area contributed by atoms with Crippen molar-refractivity contribution in [3.63, 3.8) is 0 Å². The van der Waals surface area contributed by atoms with Crippen molar-refractivity contribution in [3.8, 4) is 0 Å². The maximum Gasteiger partial charge on any atom is 0.472 e. The third kappa shape index (κ3) is 62.4. The van der Waals surface area contributed by atoms with Gasteiger partial charge in [0.25, 0.3) is 0 Å². The smallest absolute Gasteiger partial charge is 0.462 e. The largest absolute Gasteiger partial charge is 0.472 e. The summed E-state index contributed by atoms with van der Waals surface area (Å²) < 4.78 is 68.1. The third-order valence-corrected chi connectivity index (χ3v) is 17.2. The molecule has 0 saturated heterocycles. The zero-order valence-corrected chi connectivity index (χ0v) is 58.5. The van der Waals surface area contributed by atoms with E-state index in [9.17, 15) is 43.2 Å². The predicted molar refractivity (Wildman–Crippen MR) is 354 cm³/mol. The molecule has 0 aromatic carbocycles. The number of unbranched alkanes of at least 4 members (excludes halogenated alkanes) is 30. The van der Waals surface area contributed by atoms with Crippen LogP contribution < -0.4 is 0 Å². The van der Waals surface area contributed by atoms with Crippen molar-refractivity contribution >= 4 is 39.5 Å². The average molecular weight is 1290 g/mol. The van der Waals surface area contributed by atoms with Crippen molar-refractivity contribution in [2.75, 3.05) is 39.6 Å². The molecule has 5 atom stereocenters. The zero-order chi connectivity index (χ0) is 65.2. The number of aliphatic hydroxyl groups is 1. The summed E-state index contributed by atoms with van der Waals surface area (Å²) in [7, 11) is -9.91. The summed E-state index contributed by atoms with van der Waals surface area (Å²) in [6.45, 7) is 11.6. The minimum atomic E-state index is -4.96. The van der Waals surface area contributed by atoms with Gasteiger partial charge in [0.15, 0.2) is 12.2 Å². The van der Waals surface area contributed by atoms with Crippen molar-refractivity contribution in [2.24, 2.45) is 17.8 Å².